The number of methoxy groups -OCH3 is 1. The first-order chi connectivity index (χ1) is 11.6. The van der Waals surface area contributed by atoms with Crippen LogP contribution in [0.1, 0.15) is 16.8 Å². The molecule has 0 spiro atoms. The first-order valence-corrected chi connectivity index (χ1v) is 7.57. The molecule has 5 nitrogen and oxygen atoms in total. The summed E-state index contributed by atoms with van der Waals surface area (Å²) in [6.07, 6.45) is 0.235. The third-order valence-corrected chi connectivity index (χ3v) is 3.95. The van der Waals surface area contributed by atoms with Crippen LogP contribution in [-0.2, 0) is 4.79 Å². The molecule has 1 fully saturated rings. The molecule has 0 saturated carbocycles. The van der Waals surface area contributed by atoms with E-state index in [-0.39, 0.29) is 24.3 Å². The van der Waals surface area contributed by atoms with E-state index in [0.717, 1.165) is 5.69 Å². The molecular weight excluding hydrogens is 311 g/mol. The summed E-state index contributed by atoms with van der Waals surface area (Å²) in [7, 11) is 1.58. The molecule has 1 N–H and O–H groups in total. The summed E-state index contributed by atoms with van der Waals surface area (Å²) in [6, 6.07) is 12.2. The predicted molar refractivity (Wildman–Crippen MR) is 87.6 cm³/mol. The van der Waals surface area contributed by atoms with Crippen LogP contribution in [0.3, 0.4) is 0 Å². The normalized spacial score (nSPS) is 17.0. The van der Waals surface area contributed by atoms with Crippen LogP contribution in [-0.4, -0.2) is 31.5 Å². The number of rotatable bonds is 4. The second-order valence-corrected chi connectivity index (χ2v) is 5.58. The number of hydrogen-bond acceptors (Lipinski definition) is 3. The fourth-order valence-electron chi connectivity index (χ4n) is 2.69. The molecule has 1 aliphatic heterocycles. The largest absolute Gasteiger partial charge is 0.497 e. The Hall–Kier alpha value is -2.89. The lowest BCUT2D eigenvalue weighted by Gasteiger charge is -2.17. The van der Waals surface area contributed by atoms with Gasteiger partial charge < -0.3 is 15.0 Å². The molecular formula is C18H17FN2O3. The summed E-state index contributed by atoms with van der Waals surface area (Å²) < 4.78 is 18.0. The molecule has 0 aromatic heterocycles. The molecule has 6 heteroatoms. The molecule has 1 atom stereocenters. The number of hydrogen-bond donors (Lipinski definition) is 1. The van der Waals surface area contributed by atoms with Crippen LogP contribution < -0.4 is 15.0 Å². The van der Waals surface area contributed by atoms with Crippen molar-refractivity contribution in [3.63, 3.8) is 0 Å². The maximum Gasteiger partial charge on any atom is 0.251 e. The number of carbonyl (C=O) groups is 2. The Morgan fingerprint density at radius 2 is 1.83 bits per heavy atom. The van der Waals surface area contributed by atoms with Crippen molar-refractivity contribution in [2.75, 3.05) is 18.6 Å². The summed E-state index contributed by atoms with van der Waals surface area (Å²) >= 11 is 0. The Labute approximate surface area is 139 Å². The molecule has 24 heavy (non-hydrogen) atoms. The highest BCUT2D eigenvalue weighted by molar-refractivity contribution is 5.98. The van der Waals surface area contributed by atoms with Gasteiger partial charge in [0.2, 0.25) is 5.91 Å². The van der Waals surface area contributed by atoms with Gasteiger partial charge in [-0.3, -0.25) is 9.59 Å². The van der Waals surface area contributed by atoms with Crippen LogP contribution in [0.25, 0.3) is 0 Å². The van der Waals surface area contributed by atoms with E-state index in [9.17, 15) is 14.0 Å². The van der Waals surface area contributed by atoms with Crippen molar-refractivity contribution in [3.05, 3.63) is 59.9 Å². The Morgan fingerprint density at radius 3 is 2.46 bits per heavy atom. The molecule has 0 radical (unpaired) electrons. The highest BCUT2D eigenvalue weighted by Crippen LogP contribution is 2.24. The minimum atomic E-state index is -0.395. The highest BCUT2D eigenvalue weighted by Gasteiger charge is 2.31. The van der Waals surface area contributed by atoms with Crippen LogP contribution >= 0.6 is 0 Å². The topological polar surface area (TPSA) is 58.6 Å². The van der Waals surface area contributed by atoms with E-state index < -0.39 is 5.82 Å². The van der Waals surface area contributed by atoms with Crippen LogP contribution in [0.4, 0.5) is 10.1 Å². The average molecular weight is 328 g/mol. The molecule has 1 aliphatic rings. The molecule has 1 unspecified atom stereocenters. The maximum atomic E-state index is 12.9. The van der Waals surface area contributed by atoms with Gasteiger partial charge in [0.05, 0.1) is 13.2 Å². The third-order valence-electron chi connectivity index (χ3n) is 3.95. The summed E-state index contributed by atoms with van der Waals surface area (Å²) in [4.78, 5) is 26.0. The van der Waals surface area contributed by atoms with Crippen LogP contribution in [0.15, 0.2) is 48.5 Å². The van der Waals surface area contributed by atoms with Gasteiger partial charge in [-0.15, -0.1) is 0 Å². The van der Waals surface area contributed by atoms with Crippen molar-refractivity contribution < 1.29 is 18.7 Å². The van der Waals surface area contributed by atoms with Crippen LogP contribution in [0.5, 0.6) is 5.75 Å². The number of ether oxygens (including phenoxy) is 1. The molecule has 1 saturated heterocycles. The van der Waals surface area contributed by atoms with Crippen molar-refractivity contribution in [3.8, 4) is 5.75 Å². The molecule has 124 valence electrons. The summed E-state index contributed by atoms with van der Waals surface area (Å²) in [5.41, 5.74) is 1.13. The maximum absolute atomic E-state index is 12.9. The van der Waals surface area contributed by atoms with Gasteiger partial charge in [0, 0.05) is 24.2 Å². The van der Waals surface area contributed by atoms with Crippen LogP contribution in [0, 0.1) is 5.82 Å². The van der Waals surface area contributed by atoms with Gasteiger partial charge in [0.25, 0.3) is 5.91 Å². The van der Waals surface area contributed by atoms with Gasteiger partial charge in [-0.2, -0.15) is 0 Å². The Bertz CT molecular complexity index is 744. The van der Waals surface area contributed by atoms with Gasteiger partial charge in [-0.1, -0.05) is 0 Å². The second-order valence-electron chi connectivity index (χ2n) is 5.58. The number of nitrogens with zero attached hydrogens (tertiary/aromatic N) is 1. The van der Waals surface area contributed by atoms with E-state index in [1.165, 1.54) is 24.3 Å². The van der Waals surface area contributed by atoms with Crippen molar-refractivity contribution in [1.29, 1.82) is 0 Å². The first kappa shape index (κ1) is 16.0. The van der Waals surface area contributed by atoms with E-state index in [1.807, 2.05) is 0 Å². The fraction of sp³-hybridized carbons (Fsp3) is 0.222. The zero-order valence-electron chi connectivity index (χ0n) is 13.2. The zero-order valence-corrected chi connectivity index (χ0v) is 13.2. The number of nitrogens with one attached hydrogen (secondary N) is 1. The summed E-state index contributed by atoms with van der Waals surface area (Å²) in [5, 5.41) is 2.82. The number of amides is 2. The molecule has 3 rings (SSSR count). The fourth-order valence-corrected chi connectivity index (χ4v) is 2.69. The second kappa shape index (κ2) is 6.70. The van der Waals surface area contributed by atoms with Gasteiger partial charge in [-0.05, 0) is 48.5 Å². The van der Waals surface area contributed by atoms with E-state index >= 15 is 0 Å². The van der Waals surface area contributed by atoms with Crippen molar-refractivity contribution in [2.45, 2.75) is 12.5 Å². The van der Waals surface area contributed by atoms with Gasteiger partial charge in [-0.25, -0.2) is 4.39 Å². The highest BCUT2D eigenvalue weighted by atomic mass is 19.1. The predicted octanol–water partition coefficient (Wildman–Crippen LogP) is 2.37. The Morgan fingerprint density at radius 1 is 1.17 bits per heavy atom. The number of anilines is 1. The molecule has 2 amide bonds. The monoisotopic (exact) mass is 328 g/mol. The molecule has 1 heterocycles. The van der Waals surface area contributed by atoms with Crippen molar-refractivity contribution in [2.24, 2.45) is 0 Å². The summed E-state index contributed by atoms with van der Waals surface area (Å²) in [6.45, 7) is 0.401. The minimum absolute atomic E-state index is 0.0513. The Kier molecular flexibility index (Phi) is 4.46. The standard InChI is InChI=1S/C18H17FN2O3/c1-24-16-8-6-15(7-9-16)21-11-14(10-17(21)22)20-18(23)12-2-4-13(19)5-3-12/h2-9,14H,10-11H2,1H3,(H,20,23). The summed E-state index contributed by atoms with van der Waals surface area (Å²) in [5.74, 6) is -0.0474. The number of carbonyl (C=O) groups excluding carboxylic acids is 2. The quantitative estimate of drug-likeness (QED) is 0.937. The number of benzene rings is 2. The molecule has 0 aliphatic carbocycles. The van der Waals surface area contributed by atoms with Gasteiger partial charge in [0.1, 0.15) is 11.6 Å². The lowest BCUT2D eigenvalue weighted by Crippen LogP contribution is -2.37. The van der Waals surface area contributed by atoms with E-state index in [1.54, 1.807) is 36.3 Å². The van der Waals surface area contributed by atoms with Crippen LogP contribution in [0.2, 0.25) is 0 Å². The average Bonchev–Trinajstić information content (AvgIpc) is 2.95. The van der Waals surface area contributed by atoms with Gasteiger partial charge in [0.15, 0.2) is 0 Å². The van der Waals surface area contributed by atoms with Crippen molar-refractivity contribution in [1.82, 2.24) is 5.32 Å². The zero-order chi connectivity index (χ0) is 17.1. The lowest BCUT2D eigenvalue weighted by atomic mass is 10.2. The SMILES string of the molecule is COc1ccc(N2CC(NC(=O)c3ccc(F)cc3)CC2=O)cc1. The Balaban J connectivity index is 1.65. The molecule has 2 aromatic rings. The van der Waals surface area contributed by atoms with Gasteiger partial charge >= 0.3 is 0 Å². The molecule has 0 bridgehead atoms. The minimum Gasteiger partial charge on any atom is -0.497 e. The van der Waals surface area contributed by atoms with E-state index in [0.29, 0.717) is 17.9 Å². The smallest absolute Gasteiger partial charge is 0.251 e. The number of halogens is 1. The third kappa shape index (κ3) is 3.37. The lowest BCUT2D eigenvalue weighted by molar-refractivity contribution is -0.117. The van der Waals surface area contributed by atoms with E-state index in [2.05, 4.69) is 5.32 Å². The first-order valence-electron chi connectivity index (χ1n) is 7.57. The molecule has 2 aromatic carbocycles. The van der Waals surface area contributed by atoms with Crippen molar-refractivity contribution >= 4 is 17.5 Å². The van der Waals surface area contributed by atoms with E-state index in [4.69, 9.17) is 4.74 Å².